The molecular formula is C15H14BBr. The first kappa shape index (κ1) is 12.4. The van der Waals surface area contributed by atoms with Gasteiger partial charge in [0.15, 0.2) is 0 Å². The average molecular weight is 285 g/mol. The molecule has 0 spiro atoms. The minimum Gasteiger partial charge on any atom is -0.0929 e. The Morgan fingerprint density at radius 3 is 2.18 bits per heavy atom. The van der Waals surface area contributed by atoms with E-state index in [-0.39, 0.29) is 0 Å². The summed E-state index contributed by atoms with van der Waals surface area (Å²) in [5.74, 6) is 0. The minimum atomic E-state index is 0.860. The summed E-state index contributed by atoms with van der Waals surface area (Å²) in [6, 6.07) is 10.3. The second-order valence-corrected chi connectivity index (χ2v) is 5.22. The van der Waals surface area contributed by atoms with Crippen molar-refractivity contribution in [1.29, 1.82) is 0 Å². The van der Waals surface area contributed by atoms with Crippen molar-refractivity contribution in [3.8, 4) is 11.1 Å². The summed E-state index contributed by atoms with van der Waals surface area (Å²) >= 11 is 3.59. The molecule has 0 saturated carbocycles. The van der Waals surface area contributed by atoms with Crippen molar-refractivity contribution in [2.24, 2.45) is 0 Å². The highest BCUT2D eigenvalue weighted by atomic mass is 79.9. The number of hydrogen-bond acceptors (Lipinski definition) is 0. The van der Waals surface area contributed by atoms with Crippen molar-refractivity contribution >= 4 is 29.2 Å². The average Bonchev–Trinajstić information content (AvgIpc) is 2.32. The topological polar surface area (TPSA) is 0 Å². The molecule has 2 heteroatoms. The van der Waals surface area contributed by atoms with Gasteiger partial charge in [0.1, 0.15) is 7.85 Å². The van der Waals surface area contributed by atoms with Crippen LogP contribution in [0.3, 0.4) is 0 Å². The van der Waals surface area contributed by atoms with Gasteiger partial charge in [0.05, 0.1) is 0 Å². The van der Waals surface area contributed by atoms with Gasteiger partial charge < -0.3 is 0 Å². The SMILES string of the molecule is [B]c1cc(-c2ccccc2Br)c(C)c(C)c1C. The van der Waals surface area contributed by atoms with Crippen LogP contribution in [0.4, 0.5) is 0 Å². The van der Waals surface area contributed by atoms with Crippen LogP contribution in [0, 0.1) is 20.8 Å². The Labute approximate surface area is 113 Å². The van der Waals surface area contributed by atoms with Crippen molar-refractivity contribution in [2.45, 2.75) is 20.8 Å². The van der Waals surface area contributed by atoms with Crippen molar-refractivity contribution in [1.82, 2.24) is 0 Å². The molecule has 0 N–H and O–H groups in total. The van der Waals surface area contributed by atoms with Crippen LogP contribution in [0.15, 0.2) is 34.8 Å². The normalized spacial score (nSPS) is 10.6. The van der Waals surface area contributed by atoms with Crippen LogP contribution in [-0.4, -0.2) is 7.85 Å². The molecule has 84 valence electrons. The van der Waals surface area contributed by atoms with Gasteiger partial charge in [-0.05, 0) is 49.1 Å². The Bertz CT molecular complexity index is 573. The molecule has 2 aromatic carbocycles. The van der Waals surface area contributed by atoms with Gasteiger partial charge in [-0.25, -0.2) is 0 Å². The van der Waals surface area contributed by atoms with Crippen molar-refractivity contribution < 1.29 is 0 Å². The van der Waals surface area contributed by atoms with Gasteiger partial charge in [0, 0.05) is 4.47 Å². The maximum atomic E-state index is 6.06. The molecule has 0 aliphatic rings. The largest absolute Gasteiger partial charge is 0.114 e. The van der Waals surface area contributed by atoms with Crippen molar-refractivity contribution in [3.63, 3.8) is 0 Å². The summed E-state index contributed by atoms with van der Waals surface area (Å²) in [5, 5.41) is 0. The lowest BCUT2D eigenvalue weighted by Crippen LogP contribution is -2.11. The molecule has 17 heavy (non-hydrogen) atoms. The lowest BCUT2D eigenvalue weighted by Gasteiger charge is -2.15. The molecule has 2 radical (unpaired) electrons. The molecule has 0 fully saturated rings. The van der Waals surface area contributed by atoms with Gasteiger partial charge in [0.25, 0.3) is 0 Å². The van der Waals surface area contributed by atoms with E-state index in [0.717, 1.165) is 9.94 Å². The van der Waals surface area contributed by atoms with Crippen LogP contribution in [0.2, 0.25) is 0 Å². The van der Waals surface area contributed by atoms with Crippen molar-refractivity contribution in [2.75, 3.05) is 0 Å². The molecule has 0 bridgehead atoms. The molecule has 0 aliphatic carbocycles. The summed E-state index contributed by atoms with van der Waals surface area (Å²) in [7, 11) is 6.06. The molecule has 0 aliphatic heterocycles. The second kappa shape index (κ2) is 4.69. The molecule has 0 heterocycles. The highest BCUT2D eigenvalue weighted by Crippen LogP contribution is 2.31. The minimum absolute atomic E-state index is 0.860. The predicted molar refractivity (Wildman–Crippen MR) is 79.2 cm³/mol. The molecule has 0 amide bonds. The summed E-state index contributed by atoms with van der Waals surface area (Å²) in [5.41, 5.74) is 7.01. The maximum Gasteiger partial charge on any atom is 0.114 e. The Balaban J connectivity index is 2.73. The zero-order chi connectivity index (χ0) is 12.6. The number of hydrogen-bond donors (Lipinski definition) is 0. The van der Waals surface area contributed by atoms with Crippen molar-refractivity contribution in [3.05, 3.63) is 51.5 Å². The standard InChI is InChI=1S/C15H14BBr/c1-9-10(2)13(8-14(16)11(9)3)12-6-4-5-7-15(12)17/h4-8H,1-3H3. The highest BCUT2D eigenvalue weighted by Gasteiger charge is 2.10. The van der Waals surface area contributed by atoms with Gasteiger partial charge in [-0.15, -0.1) is 0 Å². The predicted octanol–water partition coefficient (Wildman–Crippen LogP) is 3.84. The van der Waals surface area contributed by atoms with E-state index in [0.29, 0.717) is 0 Å². The molecule has 0 atom stereocenters. The van der Waals surface area contributed by atoms with E-state index in [1.807, 2.05) is 12.1 Å². The van der Waals surface area contributed by atoms with Gasteiger partial charge in [-0.1, -0.05) is 51.2 Å². The quantitative estimate of drug-likeness (QED) is 0.698. The molecule has 2 rings (SSSR count). The van der Waals surface area contributed by atoms with Crippen LogP contribution in [0.1, 0.15) is 16.7 Å². The third kappa shape index (κ3) is 2.19. The van der Waals surface area contributed by atoms with E-state index in [4.69, 9.17) is 7.85 Å². The Morgan fingerprint density at radius 2 is 1.53 bits per heavy atom. The number of halogens is 1. The summed E-state index contributed by atoms with van der Waals surface area (Å²) < 4.78 is 1.10. The smallest absolute Gasteiger partial charge is 0.0929 e. The Kier molecular flexibility index (Phi) is 3.44. The summed E-state index contributed by atoms with van der Waals surface area (Å²) in [6.07, 6.45) is 0. The van der Waals surface area contributed by atoms with Crippen LogP contribution in [0.25, 0.3) is 11.1 Å². The summed E-state index contributed by atoms with van der Waals surface area (Å²) in [6.45, 7) is 6.35. The molecular weight excluding hydrogens is 271 g/mol. The molecule has 0 aromatic heterocycles. The third-order valence-corrected chi connectivity index (χ3v) is 4.12. The van der Waals surface area contributed by atoms with Crippen LogP contribution in [0.5, 0.6) is 0 Å². The molecule has 0 saturated heterocycles. The van der Waals surface area contributed by atoms with Crippen LogP contribution < -0.4 is 5.46 Å². The zero-order valence-electron chi connectivity index (χ0n) is 10.3. The van der Waals surface area contributed by atoms with E-state index >= 15 is 0 Å². The second-order valence-electron chi connectivity index (χ2n) is 4.37. The monoisotopic (exact) mass is 284 g/mol. The lowest BCUT2D eigenvalue weighted by atomic mass is 9.83. The molecule has 0 unspecified atom stereocenters. The van der Waals surface area contributed by atoms with Crippen LogP contribution in [-0.2, 0) is 0 Å². The van der Waals surface area contributed by atoms with Gasteiger partial charge in [-0.2, -0.15) is 0 Å². The van der Waals surface area contributed by atoms with Gasteiger partial charge in [0.2, 0.25) is 0 Å². The van der Waals surface area contributed by atoms with Gasteiger partial charge >= 0.3 is 0 Å². The van der Waals surface area contributed by atoms with Crippen LogP contribution >= 0.6 is 15.9 Å². The van der Waals surface area contributed by atoms with E-state index in [1.54, 1.807) is 0 Å². The molecule has 2 aromatic rings. The highest BCUT2D eigenvalue weighted by molar-refractivity contribution is 9.10. The van der Waals surface area contributed by atoms with E-state index < -0.39 is 0 Å². The first-order valence-corrected chi connectivity index (χ1v) is 6.43. The lowest BCUT2D eigenvalue weighted by molar-refractivity contribution is 1.28. The van der Waals surface area contributed by atoms with E-state index in [9.17, 15) is 0 Å². The number of benzene rings is 2. The first-order valence-electron chi connectivity index (χ1n) is 5.63. The number of rotatable bonds is 1. The third-order valence-electron chi connectivity index (χ3n) is 3.43. The summed E-state index contributed by atoms with van der Waals surface area (Å²) in [4.78, 5) is 0. The fourth-order valence-electron chi connectivity index (χ4n) is 2.03. The van der Waals surface area contributed by atoms with E-state index in [2.05, 4.69) is 54.9 Å². The fraction of sp³-hybridized carbons (Fsp3) is 0.200. The Morgan fingerprint density at radius 1 is 0.882 bits per heavy atom. The zero-order valence-corrected chi connectivity index (χ0v) is 11.9. The maximum absolute atomic E-state index is 6.06. The van der Waals surface area contributed by atoms with Gasteiger partial charge in [-0.3, -0.25) is 0 Å². The fourth-order valence-corrected chi connectivity index (χ4v) is 2.53. The van der Waals surface area contributed by atoms with E-state index in [1.165, 1.54) is 27.8 Å². The molecule has 0 nitrogen and oxygen atoms in total. The Hall–Kier alpha value is -1.02. The first-order chi connectivity index (χ1) is 8.02.